The summed E-state index contributed by atoms with van der Waals surface area (Å²) in [7, 11) is 0. The van der Waals surface area contributed by atoms with Crippen LogP contribution < -0.4 is 0 Å². The largest absolute Gasteiger partial charge is 0.462 e. The molecule has 2 saturated carbocycles. The van der Waals surface area contributed by atoms with Crippen LogP contribution in [-0.4, -0.2) is 30.4 Å². The minimum Gasteiger partial charge on any atom is -0.462 e. The van der Waals surface area contributed by atoms with Gasteiger partial charge in [-0.1, -0.05) is 28.1 Å². The van der Waals surface area contributed by atoms with Crippen molar-refractivity contribution < 1.29 is 23.9 Å². The molecule has 0 amide bonds. The van der Waals surface area contributed by atoms with Gasteiger partial charge in [-0.05, 0) is 30.9 Å². The zero-order chi connectivity index (χ0) is 16.1. The summed E-state index contributed by atoms with van der Waals surface area (Å²) in [6.07, 6.45) is 1.58. The molecule has 1 heterocycles. The first-order valence-corrected chi connectivity index (χ1v) is 8.50. The molecule has 1 aromatic carbocycles. The summed E-state index contributed by atoms with van der Waals surface area (Å²) in [5.41, 5.74) is 0.495. The van der Waals surface area contributed by atoms with E-state index in [0.717, 1.165) is 17.3 Å². The van der Waals surface area contributed by atoms with E-state index in [1.165, 1.54) is 0 Å². The molecule has 1 saturated heterocycles. The predicted octanol–water partition coefficient (Wildman–Crippen LogP) is 2.37. The Labute approximate surface area is 141 Å². The van der Waals surface area contributed by atoms with E-state index < -0.39 is 11.9 Å². The highest BCUT2D eigenvalue weighted by molar-refractivity contribution is 9.10. The number of hydrogen-bond acceptors (Lipinski definition) is 5. The first kappa shape index (κ1) is 14.9. The standard InChI is InChI=1S/C17H15BrO5/c18-10-3-1-8(2-4-10)12(19)7-22-16(20)14-9-5-11-13(6-9)23-17(21)15(11)14/h1-4,9,11,13-15H,5-7H2/t9-,11+,13-,14-,15+/m1/s1. The number of fused-ring (bicyclic) bond motifs is 1. The van der Waals surface area contributed by atoms with Crippen LogP contribution in [0.1, 0.15) is 23.2 Å². The zero-order valence-electron chi connectivity index (χ0n) is 12.2. The predicted molar refractivity (Wildman–Crippen MR) is 82.5 cm³/mol. The number of Topliss-reactive ketones (excluding diaryl/α,β-unsaturated/α-hetero) is 1. The fraction of sp³-hybridized carbons (Fsp3) is 0.471. The Bertz CT molecular complexity index is 681. The summed E-state index contributed by atoms with van der Waals surface area (Å²) in [5.74, 6) is -1.46. The molecular formula is C17H15BrO5. The molecule has 0 aromatic heterocycles. The van der Waals surface area contributed by atoms with Crippen LogP contribution in [0.4, 0.5) is 0 Å². The van der Waals surface area contributed by atoms with Crippen molar-refractivity contribution in [2.24, 2.45) is 23.7 Å². The van der Waals surface area contributed by atoms with Gasteiger partial charge in [0.1, 0.15) is 6.10 Å². The lowest BCUT2D eigenvalue weighted by molar-refractivity contribution is -0.154. The van der Waals surface area contributed by atoms with Crippen molar-refractivity contribution >= 4 is 33.7 Å². The lowest BCUT2D eigenvalue weighted by Gasteiger charge is -2.22. The third-order valence-electron chi connectivity index (χ3n) is 5.27. The van der Waals surface area contributed by atoms with Crippen LogP contribution in [0.3, 0.4) is 0 Å². The number of carbonyl (C=O) groups is 3. The zero-order valence-corrected chi connectivity index (χ0v) is 13.8. The van der Waals surface area contributed by atoms with Gasteiger partial charge in [0.2, 0.25) is 0 Å². The minimum absolute atomic E-state index is 0.00838. The van der Waals surface area contributed by atoms with Gasteiger partial charge >= 0.3 is 11.9 Å². The maximum atomic E-state index is 12.4. The fourth-order valence-electron chi connectivity index (χ4n) is 4.28. The van der Waals surface area contributed by atoms with Crippen LogP contribution >= 0.6 is 15.9 Å². The second-order valence-corrected chi connectivity index (χ2v) is 7.38. The average molecular weight is 379 g/mol. The lowest BCUT2D eigenvalue weighted by atomic mass is 9.80. The molecule has 120 valence electrons. The van der Waals surface area contributed by atoms with Gasteiger partial charge in [0.05, 0.1) is 11.8 Å². The first-order chi connectivity index (χ1) is 11.0. The molecule has 0 spiro atoms. The molecule has 1 aliphatic heterocycles. The molecule has 0 N–H and O–H groups in total. The van der Waals surface area contributed by atoms with Gasteiger partial charge in [-0.2, -0.15) is 0 Å². The Morgan fingerprint density at radius 3 is 2.70 bits per heavy atom. The number of carbonyl (C=O) groups excluding carboxylic acids is 3. The van der Waals surface area contributed by atoms with Crippen LogP contribution in [0.25, 0.3) is 0 Å². The molecule has 2 bridgehead atoms. The van der Waals surface area contributed by atoms with Crippen LogP contribution in [0.15, 0.2) is 28.7 Å². The van der Waals surface area contributed by atoms with Crippen LogP contribution in [0.2, 0.25) is 0 Å². The molecular weight excluding hydrogens is 364 g/mol. The first-order valence-electron chi connectivity index (χ1n) is 7.70. The van der Waals surface area contributed by atoms with Crippen molar-refractivity contribution in [2.45, 2.75) is 18.9 Å². The highest BCUT2D eigenvalue weighted by atomic mass is 79.9. The monoisotopic (exact) mass is 378 g/mol. The van der Waals surface area contributed by atoms with Crippen molar-refractivity contribution in [2.75, 3.05) is 6.61 Å². The van der Waals surface area contributed by atoms with E-state index in [1.54, 1.807) is 24.3 Å². The van der Waals surface area contributed by atoms with Crippen molar-refractivity contribution in [1.29, 1.82) is 0 Å². The van der Waals surface area contributed by atoms with Gasteiger partial charge in [-0.3, -0.25) is 14.4 Å². The maximum Gasteiger partial charge on any atom is 0.310 e. The highest BCUT2D eigenvalue weighted by Crippen LogP contribution is 2.57. The molecule has 2 aliphatic carbocycles. The second-order valence-electron chi connectivity index (χ2n) is 6.46. The van der Waals surface area contributed by atoms with Gasteiger partial charge in [0.15, 0.2) is 12.4 Å². The van der Waals surface area contributed by atoms with E-state index in [2.05, 4.69) is 15.9 Å². The number of benzene rings is 1. The Hall–Kier alpha value is -1.69. The number of hydrogen-bond donors (Lipinski definition) is 0. The molecule has 5 nitrogen and oxygen atoms in total. The van der Waals surface area contributed by atoms with Crippen molar-refractivity contribution in [3.63, 3.8) is 0 Å². The average Bonchev–Trinajstić information content (AvgIpc) is 3.14. The SMILES string of the molecule is O=C(COC(=O)[C@@H]1[C@@H]2C[C@@H]3[C@@H]1C(=O)O[C@@H]3C2)c1ccc(Br)cc1. The van der Waals surface area contributed by atoms with E-state index in [-0.39, 0.29) is 42.2 Å². The summed E-state index contributed by atoms with van der Waals surface area (Å²) in [5, 5.41) is 0. The molecule has 6 heteroatoms. The Kier molecular flexibility index (Phi) is 3.52. The highest BCUT2D eigenvalue weighted by Gasteiger charge is 2.64. The molecule has 0 radical (unpaired) electrons. The molecule has 5 atom stereocenters. The number of ketones is 1. The van der Waals surface area contributed by atoms with Gasteiger partial charge in [-0.25, -0.2) is 0 Å². The van der Waals surface area contributed by atoms with Crippen molar-refractivity contribution in [1.82, 2.24) is 0 Å². The van der Waals surface area contributed by atoms with Crippen molar-refractivity contribution in [3.8, 4) is 0 Å². The molecule has 1 aromatic rings. The molecule has 3 fully saturated rings. The van der Waals surface area contributed by atoms with E-state index in [4.69, 9.17) is 9.47 Å². The summed E-state index contributed by atoms with van der Waals surface area (Å²) in [6.45, 7) is -0.292. The normalized spacial score (nSPS) is 33.6. The quantitative estimate of drug-likeness (QED) is 0.594. The number of esters is 2. The smallest absolute Gasteiger partial charge is 0.310 e. The van der Waals surface area contributed by atoms with Gasteiger partial charge in [0.25, 0.3) is 0 Å². The molecule has 4 rings (SSSR count). The lowest BCUT2D eigenvalue weighted by Crippen LogP contribution is -2.34. The fourth-order valence-corrected chi connectivity index (χ4v) is 4.54. The third-order valence-corrected chi connectivity index (χ3v) is 5.80. The summed E-state index contributed by atoms with van der Waals surface area (Å²) < 4.78 is 11.4. The van der Waals surface area contributed by atoms with Gasteiger partial charge in [-0.15, -0.1) is 0 Å². The number of halogens is 1. The Morgan fingerprint density at radius 2 is 1.96 bits per heavy atom. The maximum absolute atomic E-state index is 12.4. The third kappa shape index (κ3) is 2.40. The Balaban J connectivity index is 1.40. The van der Waals surface area contributed by atoms with Crippen LogP contribution in [0, 0.1) is 23.7 Å². The van der Waals surface area contributed by atoms with E-state index in [0.29, 0.717) is 5.56 Å². The number of rotatable bonds is 4. The minimum atomic E-state index is -0.441. The molecule has 23 heavy (non-hydrogen) atoms. The molecule has 0 unspecified atom stereocenters. The van der Waals surface area contributed by atoms with Gasteiger partial charge < -0.3 is 9.47 Å². The molecule has 3 aliphatic rings. The summed E-state index contributed by atoms with van der Waals surface area (Å²) in [6, 6.07) is 6.88. The second kappa shape index (κ2) is 5.44. The summed E-state index contributed by atoms with van der Waals surface area (Å²) in [4.78, 5) is 36.3. The summed E-state index contributed by atoms with van der Waals surface area (Å²) >= 11 is 3.30. The topological polar surface area (TPSA) is 69.7 Å². The van der Waals surface area contributed by atoms with Crippen LogP contribution in [-0.2, 0) is 19.1 Å². The van der Waals surface area contributed by atoms with E-state index in [9.17, 15) is 14.4 Å². The van der Waals surface area contributed by atoms with Crippen molar-refractivity contribution in [3.05, 3.63) is 34.3 Å². The van der Waals surface area contributed by atoms with E-state index in [1.807, 2.05) is 0 Å². The van der Waals surface area contributed by atoms with E-state index >= 15 is 0 Å². The Morgan fingerprint density at radius 1 is 1.22 bits per heavy atom. The van der Waals surface area contributed by atoms with Crippen LogP contribution in [0.5, 0.6) is 0 Å². The number of ether oxygens (including phenoxy) is 2. The van der Waals surface area contributed by atoms with Gasteiger partial charge in [0, 0.05) is 16.0 Å².